The summed E-state index contributed by atoms with van der Waals surface area (Å²) in [5.74, 6) is 0.525. The van der Waals surface area contributed by atoms with Crippen molar-refractivity contribution in [2.24, 2.45) is 5.73 Å². The standard InChI is InChI=1S/C8H13N3/c9-7-3-1-2-6(7)8-4-10-5-11-8/h4-7H,1-3,9H2,(H,10,11)/t6-,7-/m1/s1. The number of nitrogens with one attached hydrogen (secondary N) is 1. The van der Waals surface area contributed by atoms with Gasteiger partial charge in [-0.25, -0.2) is 4.98 Å². The van der Waals surface area contributed by atoms with Gasteiger partial charge in [-0.2, -0.15) is 0 Å². The van der Waals surface area contributed by atoms with E-state index >= 15 is 0 Å². The maximum Gasteiger partial charge on any atom is 0.0921 e. The lowest BCUT2D eigenvalue weighted by atomic mass is 10.0. The normalized spacial score (nSPS) is 31.0. The Labute approximate surface area is 66.0 Å². The van der Waals surface area contributed by atoms with Gasteiger partial charge in [0.25, 0.3) is 0 Å². The van der Waals surface area contributed by atoms with Crippen LogP contribution in [0, 0.1) is 0 Å². The van der Waals surface area contributed by atoms with Crippen molar-refractivity contribution in [1.82, 2.24) is 9.97 Å². The fraction of sp³-hybridized carbons (Fsp3) is 0.625. The highest BCUT2D eigenvalue weighted by molar-refractivity contribution is 5.09. The minimum atomic E-state index is 0.343. The molecule has 60 valence electrons. The number of nitrogens with two attached hydrogens (primary N) is 1. The third kappa shape index (κ3) is 1.16. The Kier molecular flexibility index (Phi) is 1.66. The van der Waals surface area contributed by atoms with Crippen molar-refractivity contribution in [3.63, 3.8) is 0 Å². The second-order valence-corrected chi connectivity index (χ2v) is 3.21. The molecular weight excluding hydrogens is 138 g/mol. The summed E-state index contributed by atoms with van der Waals surface area (Å²) in [4.78, 5) is 7.11. The molecular formula is C8H13N3. The smallest absolute Gasteiger partial charge is 0.0921 e. The van der Waals surface area contributed by atoms with Crippen molar-refractivity contribution >= 4 is 0 Å². The molecule has 0 aliphatic heterocycles. The lowest BCUT2D eigenvalue weighted by molar-refractivity contribution is 0.601. The summed E-state index contributed by atoms with van der Waals surface area (Å²) in [6, 6.07) is 0.343. The Bertz CT molecular complexity index is 217. The van der Waals surface area contributed by atoms with E-state index in [2.05, 4.69) is 9.97 Å². The van der Waals surface area contributed by atoms with E-state index in [0.29, 0.717) is 12.0 Å². The van der Waals surface area contributed by atoms with E-state index in [1.54, 1.807) is 6.33 Å². The molecule has 0 amide bonds. The highest BCUT2D eigenvalue weighted by atomic mass is 14.9. The summed E-state index contributed by atoms with van der Waals surface area (Å²) in [6.45, 7) is 0. The molecule has 0 unspecified atom stereocenters. The third-order valence-corrected chi connectivity index (χ3v) is 2.49. The van der Waals surface area contributed by atoms with Crippen LogP contribution in [0.15, 0.2) is 12.5 Å². The monoisotopic (exact) mass is 151 g/mol. The van der Waals surface area contributed by atoms with Gasteiger partial charge in [0, 0.05) is 23.9 Å². The molecule has 1 fully saturated rings. The molecule has 3 heteroatoms. The van der Waals surface area contributed by atoms with Gasteiger partial charge in [-0.3, -0.25) is 0 Å². The van der Waals surface area contributed by atoms with Gasteiger partial charge >= 0.3 is 0 Å². The molecule has 3 nitrogen and oxygen atoms in total. The molecule has 0 bridgehead atoms. The van der Waals surface area contributed by atoms with Gasteiger partial charge in [-0.15, -0.1) is 0 Å². The maximum absolute atomic E-state index is 5.92. The summed E-state index contributed by atoms with van der Waals surface area (Å²) in [7, 11) is 0. The third-order valence-electron chi connectivity index (χ3n) is 2.49. The SMILES string of the molecule is N[C@@H]1CCC[C@H]1c1cnc[nH]1. The zero-order valence-electron chi connectivity index (χ0n) is 6.46. The summed E-state index contributed by atoms with van der Waals surface area (Å²) < 4.78 is 0. The highest BCUT2D eigenvalue weighted by Gasteiger charge is 2.25. The van der Waals surface area contributed by atoms with E-state index in [1.165, 1.54) is 18.5 Å². The lowest BCUT2D eigenvalue weighted by Crippen LogP contribution is -2.22. The van der Waals surface area contributed by atoms with Gasteiger partial charge in [0.05, 0.1) is 6.33 Å². The second-order valence-electron chi connectivity index (χ2n) is 3.21. The van der Waals surface area contributed by atoms with Gasteiger partial charge < -0.3 is 10.7 Å². The molecule has 1 saturated carbocycles. The zero-order valence-corrected chi connectivity index (χ0v) is 6.46. The molecule has 0 saturated heterocycles. The molecule has 0 aromatic carbocycles. The van der Waals surface area contributed by atoms with Crippen molar-refractivity contribution in [2.45, 2.75) is 31.2 Å². The average molecular weight is 151 g/mol. The number of rotatable bonds is 1. The molecule has 1 aliphatic carbocycles. The Morgan fingerprint density at radius 3 is 3.00 bits per heavy atom. The summed E-state index contributed by atoms with van der Waals surface area (Å²) in [6.07, 6.45) is 7.23. The Balaban J connectivity index is 2.16. The second kappa shape index (κ2) is 2.66. The van der Waals surface area contributed by atoms with Crippen LogP contribution >= 0.6 is 0 Å². The molecule has 1 heterocycles. The number of aromatic nitrogens is 2. The number of imidazole rings is 1. The molecule has 0 radical (unpaired) electrons. The zero-order chi connectivity index (χ0) is 7.68. The number of hydrogen-bond acceptors (Lipinski definition) is 2. The van der Waals surface area contributed by atoms with E-state index in [9.17, 15) is 0 Å². The maximum atomic E-state index is 5.92. The molecule has 3 N–H and O–H groups in total. The Morgan fingerprint density at radius 1 is 1.55 bits per heavy atom. The first-order valence-corrected chi connectivity index (χ1v) is 4.12. The van der Waals surface area contributed by atoms with Gasteiger partial charge in [-0.1, -0.05) is 6.42 Å². The van der Waals surface area contributed by atoms with Crippen molar-refractivity contribution < 1.29 is 0 Å². The predicted molar refractivity (Wildman–Crippen MR) is 43.2 cm³/mol. The van der Waals surface area contributed by atoms with Crippen LogP contribution in [0.25, 0.3) is 0 Å². The van der Waals surface area contributed by atoms with Crippen LogP contribution in [0.3, 0.4) is 0 Å². The van der Waals surface area contributed by atoms with Gasteiger partial charge in [0.15, 0.2) is 0 Å². The van der Waals surface area contributed by atoms with Crippen LogP contribution in [0.4, 0.5) is 0 Å². The number of H-pyrrole nitrogens is 1. The van der Waals surface area contributed by atoms with Crippen LogP contribution < -0.4 is 5.73 Å². The first-order chi connectivity index (χ1) is 5.38. The first-order valence-electron chi connectivity index (χ1n) is 4.12. The van der Waals surface area contributed by atoms with Crippen LogP contribution in [-0.2, 0) is 0 Å². The van der Waals surface area contributed by atoms with Crippen molar-refractivity contribution in [2.75, 3.05) is 0 Å². The topological polar surface area (TPSA) is 54.7 Å². The number of aromatic amines is 1. The first kappa shape index (κ1) is 6.85. The van der Waals surface area contributed by atoms with Crippen LogP contribution in [0.5, 0.6) is 0 Å². The number of nitrogens with zero attached hydrogens (tertiary/aromatic N) is 1. The number of hydrogen-bond donors (Lipinski definition) is 2. The van der Waals surface area contributed by atoms with Gasteiger partial charge in [0.1, 0.15) is 0 Å². The molecule has 11 heavy (non-hydrogen) atoms. The molecule has 2 atom stereocenters. The minimum Gasteiger partial charge on any atom is -0.348 e. The molecule has 1 aromatic rings. The van der Waals surface area contributed by atoms with Crippen molar-refractivity contribution in [1.29, 1.82) is 0 Å². The summed E-state index contributed by atoms with van der Waals surface area (Å²) >= 11 is 0. The molecule has 1 aliphatic rings. The average Bonchev–Trinajstić information content (AvgIpc) is 2.55. The van der Waals surface area contributed by atoms with E-state index in [4.69, 9.17) is 5.73 Å². The van der Waals surface area contributed by atoms with Gasteiger partial charge in [0.2, 0.25) is 0 Å². The largest absolute Gasteiger partial charge is 0.348 e. The van der Waals surface area contributed by atoms with Crippen LogP contribution in [0.2, 0.25) is 0 Å². The van der Waals surface area contributed by atoms with Gasteiger partial charge in [-0.05, 0) is 12.8 Å². The minimum absolute atomic E-state index is 0.343. The highest BCUT2D eigenvalue weighted by Crippen LogP contribution is 2.31. The molecule has 0 spiro atoms. The summed E-state index contributed by atoms with van der Waals surface area (Å²) in [5, 5.41) is 0. The predicted octanol–water partition coefficient (Wildman–Crippen LogP) is 1.00. The molecule has 2 rings (SSSR count). The van der Waals surface area contributed by atoms with E-state index < -0.39 is 0 Å². The fourth-order valence-corrected chi connectivity index (χ4v) is 1.84. The van der Waals surface area contributed by atoms with Crippen LogP contribution in [-0.4, -0.2) is 16.0 Å². The quantitative estimate of drug-likeness (QED) is 0.629. The Hall–Kier alpha value is -0.830. The van der Waals surface area contributed by atoms with E-state index in [0.717, 1.165) is 6.42 Å². The summed E-state index contributed by atoms with van der Waals surface area (Å²) in [5.41, 5.74) is 7.13. The van der Waals surface area contributed by atoms with E-state index in [-0.39, 0.29) is 0 Å². The Morgan fingerprint density at radius 2 is 2.45 bits per heavy atom. The van der Waals surface area contributed by atoms with E-state index in [1.807, 2.05) is 6.20 Å². The van der Waals surface area contributed by atoms with Crippen molar-refractivity contribution in [3.05, 3.63) is 18.2 Å². The lowest BCUT2D eigenvalue weighted by Gasteiger charge is -2.11. The van der Waals surface area contributed by atoms with Crippen LogP contribution in [0.1, 0.15) is 30.9 Å². The molecule has 1 aromatic heterocycles. The fourth-order valence-electron chi connectivity index (χ4n) is 1.84. The van der Waals surface area contributed by atoms with Crippen molar-refractivity contribution in [3.8, 4) is 0 Å².